The number of nitrogens with one attached hydrogen (secondary N) is 1. The summed E-state index contributed by atoms with van der Waals surface area (Å²) < 4.78 is 0. The first-order chi connectivity index (χ1) is 9.52. The molecule has 0 saturated heterocycles. The second kappa shape index (κ2) is 6.28. The molecule has 0 aliphatic rings. The Balaban J connectivity index is 2.31. The molecular weight excluding hydrogens is 292 g/mol. The van der Waals surface area contributed by atoms with Crippen LogP contribution in [0.5, 0.6) is 0 Å². The maximum absolute atomic E-state index is 11.5. The molecule has 1 aromatic carbocycles. The lowest BCUT2D eigenvalue weighted by Gasteiger charge is -2.16. The van der Waals surface area contributed by atoms with E-state index >= 15 is 0 Å². The molecule has 1 unspecified atom stereocenters. The van der Waals surface area contributed by atoms with E-state index in [9.17, 15) is 9.90 Å². The SMILES string of the molecule is CSc1cccc(NC(C)c2nc(C)cs2)c1C(=O)O. The first-order valence-corrected chi connectivity index (χ1v) is 8.22. The van der Waals surface area contributed by atoms with Gasteiger partial charge in [-0.1, -0.05) is 6.07 Å². The van der Waals surface area contributed by atoms with Gasteiger partial charge in [-0.05, 0) is 32.2 Å². The summed E-state index contributed by atoms with van der Waals surface area (Å²) >= 11 is 3.01. The molecule has 6 heteroatoms. The number of aromatic nitrogens is 1. The lowest BCUT2D eigenvalue weighted by molar-refractivity contribution is 0.0694. The van der Waals surface area contributed by atoms with Crippen LogP contribution in [0, 0.1) is 6.92 Å². The third-order valence-corrected chi connectivity index (χ3v) is 4.76. The number of carboxylic acid groups (broad SMARTS) is 1. The van der Waals surface area contributed by atoms with Gasteiger partial charge < -0.3 is 10.4 Å². The summed E-state index contributed by atoms with van der Waals surface area (Å²) in [5, 5.41) is 15.6. The van der Waals surface area contributed by atoms with Gasteiger partial charge in [-0.2, -0.15) is 0 Å². The molecule has 20 heavy (non-hydrogen) atoms. The second-order valence-electron chi connectivity index (χ2n) is 4.38. The maximum Gasteiger partial charge on any atom is 0.338 e. The summed E-state index contributed by atoms with van der Waals surface area (Å²) in [5.74, 6) is -0.917. The Morgan fingerprint density at radius 2 is 2.25 bits per heavy atom. The Morgan fingerprint density at radius 1 is 1.50 bits per heavy atom. The summed E-state index contributed by atoms with van der Waals surface area (Å²) in [7, 11) is 0. The van der Waals surface area contributed by atoms with Crippen LogP contribution in [0.1, 0.15) is 34.0 Å². The molecule has 0 aliphatic heterocycles. The van der Waals surface area contributed by atoms with Crippen LogP contribution >= 0.6 is 23.1 Å². The van der Waals surface area contributed by atoms with Crippen molar-refractivity contribution in [3.05, 3.63) is 39.8 Å². The van der Waals surface area contributed by atoms with Crippen LogP contribution in [-0.4, -0.2) is 22.3 Å². The number of hydrogen-bond donors (Lipinski definition) is 2. The molecule has 0 spiro atoms. The number of thioether (sulfide) groups is 1. The summed E-state index contributed by atoms with van der Waals surface area (Å²) in [4.78, 5) is 16.6. The highest BCUT2D eigenvalue weighted by atomic mass is 32.2. The molecule has 1 atom stereocenters. The van der Waals surface area contributed by atoms with Crippen molar-refractivity contribution in [1.29, 1.82) is 0 Å². The fourth-order valence-electron chi connectivity index (χ4n) is 1.91. The molecule has 0 amide bonds. The van der Waals surface area contributed by atoms with E-state index in [4.69, 9.17) is 0 Å². The number of benzene rings is 1. The summed E-state index contributed by atoms with van der Waals surface area (Å²) in [6.45, 7) is 3.93. The smallest absolute Gasteiger partial charge is 0.338 e. The third kappa shape index (κ3) is 3.13. The van der Waals surface area contributed by atoms with Gasteiger partial charge in [0.2, 0.25) is 0 Å². The van der Waals surface area contributed by atoms with Crippen LogP contribution in [0.3, 0.4) is 0 Å². The average molecular weight is 308 g/mol. The largest absolute Gasteiger partial charge is 0.478 e. The monoisotopic (exact) mass is 308 g/mol. The minimum Gasteiger partial charge on any atom is -0.478 e. The first-order valence-electron chi connectivity index (χ1n) is 6.11. The number of thiazole rings is 1. The molecule has 0 bridgehead atoms. The topological polar surface area (TPSA) is 62.2 Å². The molecule has 0 radical (unpaired) electrons. The van der Waals surface area contributed by atoms with E-state index in [0.29, 0.717) is 11.3 Å². The summed E-state index contributed by atoms with van der Waals surface area (Å²) in [5.41, 5.74) is 1.93. The van der Waals surface area contributed by atoms with Crippen molar-refractivity contribution in [2.24, 2.45) is 0 Å². The number of anilines is 1. The fourth-order valence-corrected chi connectivity index (χ4v) is 3.33. The normalized spacial score (nSPS) is 12.2. The zero-order chi connectivity index (χ0) is 14.7. The molecule has 0 fully saturated rings. The average Bonchev–Trinajstić information content (AvgIpc) is 2.84. The van der Waals surface area contributed by atoms with Gasteiger partial charge in [0.05, 0.1) is 17.3 Å². The lowest BCUT2D eigenvalue weighted by atomic mass is 10.1. The third-order valence-electron chi connectivity index (χ3n) is 2.84. The molecule has 0 aliphatic carbocycles. The minimum absolute atomic E-state index is 0.0242. The van der Waals surface area contributed by atoms with E-state index in [1.807, 2.05) is 37.6 Å². The van der Waals surface area contributed by atoms with Crippen LogP contribution in [0.15, 0.2) is 28.5 Å². The number of rotatable bonds is 5. The van der Waals surface area contributed by atoms with Crippen molar-refractivity contribution in [3.8, 4) is 0 Å². The van der Waals surface area contributed by atoms with Crippen molar-refractivity contribution in [2.75, 3.05) is 11.6 Å². The van der Waals surface area contributed by atoms with Crippen LogP contribution in [0.2, 0.25) is 0 Å². The first kappa shape index (κ1) is 14.9. The molecule has 1 heterocycles. The van der Waals surface area contributed by atoms with Gasteiger partial charge in [-0.15, -0.1) is 23.1 Å². The summed E-state index contributed by atoms with van der Waals surface area (Å²) in [6.07, 6.45) is 1.87. The quantitative estimate of drug-likeness (QED) is 0.816. The molecule has 1 aromatic heterocycles. The van der Waals surface area contributed by atoms with Crippen LogP contribution in [-0.2, 0) is 0 Å². The number of carboxylic acids is 1. The number of nitrogens with zero attached hydrogens (tertiary/aromatic N) is 1. The zero-order valence-electron chi connectivity index (χ0n) is 11.5. The van der Waals surface area contributed by atoms with Gasteiger partial charge in [0.15, 0.2) is 0 Å². The zero-order valence-corrected chi connectivity index (χ0v) is 13.1. The van der Waals surface area contributed by atoms with Gasteiger partial charge >= 0.3 is 5.97 Å². The van der Waals surface area contributed by atoms with Crippen LogP contribution in [0.25, 0.3) is 0 Å². The van der Waals surface area contributed by atoms with Gasteiger partial charge in [0.25, 0.3) is 0 Å². The van der Waals surface area contributed by atoms with Crippen LogP contribution in [0.4, 0.5) is 5.69 Å². The Labute approximate surface area is 126 Å². The standard InChI is InChI=1S/C14H16N2O2S2/c1-8-7-20-13(15-8)9(2)16-10-5-4-6-11(19-3)12(10)14(17)18/h4-7,9,16H,1-3H3,(H,17,18). The highest BCUT2D eigenvalue weighted by molar-refractivity contribution is 7.98. The van der Waals surface area contributed by atoms with E-state index in [1.165, 1.54) is 11.8 Å². The number of carbonyl (C=O) groups is 1. The molecule has 2 rings (SSSR count). The number of hydrogen-bond acceptors (Lipinski definition) is 5. The van der Waals surface area contributed by atoms with Crippen molar-refractivity contribution in [3.63, 3.8) is 0 Å². The molecule has 2 N–H and O–H groups in total. The van der Waals surface area contributed by atoms with Gasteiger partial charge in [-0.25, -0.2) is 9.78 Å². The van der Waals surface area contributed by atoms with E-state index < -0.39 is 5.97 Å². The Kier molecular flexibility index (Phi) is 4.67. The van der Waals surface area contributed by atoms with E-state index in [1.54, 1.807) is 17.4 Å². The maximum atomic E-state index is 11.5. The summed E-state index contributed by atoms with van der Waals surface area (Å²) in [6, 6.07) is 5.45. The molecule has 106 valence electrons. The highest BCUT2D eigenvalue weighted by Crippen LogP contribution is 2.30. The minimum atomic E-state index is -0.917. The predicted molar refractivity (Wildman–Crippen MR) is 84.1 cm³/mol. The molecular formula is C14H16N2O2S2. The molecule has 4 nitrogen and oxygen atoms in total. The Bertz CT molecular complexity index is 625. The molecule has 0 saturated carbocycles. The van der Waals surface area contributed by atoms with E-state index in [2.05, 4.69) is 10.3 Å². The second-order valence-corrected chi connectivity index (χ2v) is 6.12. The molecule has 2 aromatic rings. The Morgan fingerprint density at radius 3 is 2.80 bits per heavy atom. The van der Waals surface area contributed by atoms with E-state index in [0.717, 1.165) is 15.6 Å². The lowest BCUT2D eigenvalue weighted by Crippen LogP contribution is -2.11. The van der Waals surface area contributed by atoms with Crippen molar-refractivity contribution in [1.82, 2.24) is 4.98 Å². The van der Waals surface area contributed by atoms with Crippen molar-refractivity contribution in [2.45, 2.75) is 24.8 Å². The highest BCUT2D eigenvalue weighted by Gasteiger charge is 2.17. The van der Waals surface area contributed by atoms with Gasteiger partial charge in [0.1, 0.15) is 5.01 Å². The van der Waals surface area contributed by atoms with Crippen molar-refractivity contribution >= 4 is 34.8 Å². The Hall–Kier alpha value is -1.53. The number of aromatic carboxylic acids is 1. The fraction of sp³-hybridized carbons (Fsp3) is 0.286. The van der Waals surface area contributed by atoms with E-state index in [-0.39, 0.29) is 6.04 Å². The predicted octanol–water partition coefficient (Wildman–Crippen LogP) is 4.04. The van der Waals surface area contributed by atoms with Crippen LogP contribution < -0.4 is 5.32 Å². The number of aryl methyl sites for hydroxylation is 1. The van der Waals surface area contributed by atoms with Crippen molar-refractivity contribution < 1.29 is 9.90 Å². The van der Waals surface area contributed by atoms with Gasteiger partial charge in [-0.3, -0.25) is 0 Å². The van der Waals surface area contributed by atoms with Gasteiger partial charge in [0, 0.05) is 16.0 Å².